The number of benzene rings is 2. The summed E-state index contributed by atoms with van der Waals surface area (Å²) >= 11 is 0. The van der Waals surface area contributed by atoms with Gasteiger partial charge in [-0.2, -0.15) is 4.31 Å². The van der Waals surface area contributed by atoms with E-state index in [1.807, 2.05) is 0 Å². The van der Waals surface area contributed by atoms with Gasteiger partial charge in [0, 0.05) is 25.1 Å². The van der Waals surface area contributed by atoms with Crippen molar-refractivity contribution in [3.8, 4) is 11.5 Å². The Balaban J connectivity index is 1.59. The predicted molar refractivity (Wildman–Crippen MR) is 85.1 cm³/mol. The van der Waals surface area contributed by atoms with Gasteiger partial charge in [-0.05, 0) is 30.2 Å². The largest absolute Gasteiger partial charge is 0.454 e. The lowest BCUT2D eigenvalue weighted by Crippen LogP contribution is -2.28. The zero-order chi connectivity index (χ0) is 16.7. The number of sulfonamides is 1. The molecule has 0 unspecified atom stereocenters. The molecule has 0 radical (unpaired) electrons. The van der Waals surface area contributed by atoms with Crippen LogP contribution in [0, 0.1) is 5.82 Å². The van der Waals surface area contributed by atoms with Gasteiger partial charge in [-0.15, -0.1) is 0 Å². The van der Waals surface area contributed by atoms with Crippen LogP contribution in [0.25, 0.3) is 0 Å². The molecule has 2 aliphatic rings. The summed E-state index contributed by atoms with van der Waals surface area (Å²) in [5.41, 5.74) is 0.570. The van der Waals surface area contributed by atoms with Gasteiger partial charge in [0.15, 0.2) is 11.5 Å². The maximum atomic E-state index is 13.9. The fourth-order valence-corrected chi connectivity index (χ4v) is 4.71. The number of hydrogen-bond acceptors (Lipinski definition) is 4. The minimum atomic E-state index is -3.64. The smallest absolute Gasteiger partial charge is 0.243 e. The van der Waals surface area contributed by atoms with E-state index in [0.29, 0.717) is 30.0 Å². The average Bonchev–Trinajstić information content (AvgIpc) is 3.24. The van der Waals surface area contributed by atoms with E-state index in [-0.39, 0.29) is 30.0 Å². The first-order chi connectivity index (χ1) is 11.6. The van der Waals surface area contributed by atoms with Gasteiger partial charge in [0.2, 0.25) is 16.8 Å². The Kier molecular flexibility index (Phi) is 3.69. The monoisotopic (exact) mass is 349 g/mol. The van der Waals surface area contributed by atoms with Gasteiger partial charge in [0.25, 0.3) is 0 Å². The molecular formula is C17H16FNO4S. The third-order valence-corrected chi connectivity index (χ3v) is 6.34. The van der Waals surface area contributed by atoms with E-state index in [9.17, 15) is 12.8 Å². The fraction of sp³-hybridized carbons (Fsp3) is 0.294. The Morgan fingerprint density at radius 3 is 2.71 bits per heavy atom. The molecule has 0 saturated carbocycles. The summed E-state index contributed by atoms with van der Waals surface area (Å²) in [7, 11) is -3.64. The normalized spacial score (nSPS) is 20.5. The van der Waals surface area contributed by atoms with E-state index in [1.165, 1.54) is 22.5 Å². The number of rotatable bonds is 3. The first kappa shape index (κ1) is 15.4. The van der Waals surface area contributed by atoms with Gasteiger partial charge >= 0.3 is 0 Å². The van der Waals surface area contributed by atoms with Crippen molar-refractivity contribution < 1.29 is 22.3 Å². The van der Waals surface area contributed by atoms with E-state index in [0.717, 1.165) is 0 Å². The van der Waals surface area contributed by atoms with E-state index in [2.05, 4.69) is 0 Å². The summed E-state index contributed by atoms with van der Waals surface area (Å²) in [5.74, 6) is 0.556. The Hall–Kier alpha value is -2.12. The van der Waals surface area contributed by atoms with Crippen LogP contribution in [0.1, 0.15) is 17.9 Å². The Bertz CT molecular complexity index is 884. The first-order valence-electron chi connectivity index (χ1n) is 7.70. The van der Waals surface area contributed by atoms with Gasteiger partial charge in [0.1, 0.15) is 5.82 Å². The third kappa shape index (κ3) is 2.53. The van der Waals surface area contributed by atoms with Crippen LogP contribution in [0.2, 0.25) is 0 Å². The summed E-state index contributed by atoms with van der Waals surface area (Å²) in [6.45, 7) is 0.741. The molecule has 5 nitrogen and oxygen atoms in total. The topological polar surface area (TPSA) is 55.8 Å². The summed E-state index contributed by atoms with van der Waals surface area (Å²) < 4.78 is 51.5. The molecule has 1 atom stereocenters. The van der Waals surface area contributed by atoms with Crippen molar-refractivity contribution in [3.63, 3.8) is 0 Å². The van der Waals surface area contributed by atoms with Gasteiger partial charge in [-0.25, -0.2) is 12.8 Å². The molecule has 2 heterocycles. The lowest BCUT2D eigenvalue weighted by Gasteiger charge is -2.17. The number of ether oxygens (including phenoxy) is 2. The van der Waals surface area contributed by atoms with E-state index < -0.39 is 10.0 Å². The SMILES string of the molecule is O=S(=O)(c1ccc2c(c1)OCO2)N1CC[C@H](c2ccccc2F)C1. The van der Waals surface area contributed by atoms with Crippen LogP contribution in [0.3, 0.4) is 0 Å². The van der Waals surface area contributed by atoms with Crippen LogP contribution in [-0.2, 0) is 10.0 Å². The number of fused-ring (bicyclic) bond motifs is 1. The van der Waals surface area contributed by atoms with E-state index >= 15 is 0 Å². The molecule has 126 valence electrons. The first-order valence-corrected chi connectivity index (χ1v) is 9.14. The second-order valence-corrected chi connectivity index (χ2v) is 7.82. The highest BCUT2D eigenvalue weighted by Crippen LogP contribution is 2.37. The molecule has 1 fully saturated rings. The molecule has 0 N–H and O–H groups in total. The van der Waals surface area contributed by atoms with Crippen LogP contribution in [0.4, 0.5) is 4.39 Å². The lowest BCUT2D eigenvalue weighted by atomic mass is 9.98. The quantitative estimate of drug-likeness (QED) is 0.855. The summed E-state index contributed by atoms with van der Waals surface area (Å²) in [5, 5.41) is 0. The van der Waals surface area contributed by atoms with Gasteiger partial charge in [-0.1, -0.05) is 18.2 Å². The van der Waals surface area contributed by atoms with Crippen molar-refractivity contribution in [1.82, 2.24) is 4.31 Å². The van der Waals surface area contributed by atoms with E-state index in [1.54, 1.807) is 24.3 Å². The van der Waals surface area contributed by atoms with Crippen molar-refractivity contribution in [2.75, 3.05) is 19.9 Å². The minimum absolute atomic E-state index is 0.0951. The number of hydrogen-bond donors (Lipinski definition) is 0. The molecule has 0 aromatic heterocycles. The maximum Gasteiger partial charge on any atom is 0.243 e. The molecule has 1 saturated heterocycles. The molecule has 0 spiro atoms. The minimum Gasteiger partial charge on any atom is -0.454 e. The summed E-state index contributed by atoms with van der Waals surface area (Å²) in [4.78, 5) is 0.168. The van der Waals surface area contributed by atoms with Gasteiger partial charge in [0.05, 0.1) is 4.90 Å². The molecular weight excluding hydrogens is 333 g/mol. The van der Waals surface area contributed by atoms with Crippen LogP contribution in [0.5, 0.6) is 11.5 Å². The second-order valence-electron chi connectivity index (χ2n) is 5.89. The molecule has 2 aromatic carbocycles. The maximum absolute atomic E-state index is 13.9. The van der Waals surface area contributed by atoms with Crippen LogP contribution in [0.15, 0.2) is 47.4 Å². The Morgan fingerprint density at radius 1 is 1.08 bits per heavy atom. The Labute approximate surface area is 139 Å². The van der Waals surface area contributed by atoms with E-state index in [4.69, 9.17) is 9.47 Å². The standard InChI is InChI=1S/C17H16FNO4S/c18-15-4-2-1-3-14(15)12-7-8-19(10-12)24(20,21)13-5-6-16-17(9-13)23-11-22-16/h1-6,9,12H,7-8,10-11H2/t12-/m0/s1. The number of nitrogens with zero attached hydrogens (tertiary/aromatic N) is 1. The van der Waals surface area contributed by atoms with Crippen LogP contribution in [-0.4, -0.2) is 32.6 Å². The number of halogens is 1. The van der Waals surface area contributed by atoms with Crippen molar-refractivity contribution in [2.24, 2.45) is 0 Å². The summed E-state index contributed by atoms with van der Waals surface area (Å²) in [6, 6.07) is 11.1. The predicted octanol–water partition coefficient (Wildman–Crippen LogP) is 2.73. The van der Waals surface area contributed by atoms with Crippen molar-refractivity contribution >= 4 is 10.0 Å². The molecule has 4 rings (SSSR count). The average molecular weight is 349 g/mol. The zero-order valence-corrected chi connectivity index (χ0v) is 13.6. The molecule has 2 aromatic rings. The molecule has 24 heavy (non-hydrogen) atoms. The Morgan fingerprint density at radius 2 is 1.88 bits per heavy atom. The highest BCUT2D eigenvalue weighted by Gasteiger charge is 2.34. The van der Waals surface area contributed by atoms with Crippen molar-refractivity contribution in [2.45, 2.75) is 17.2 Å². The molecule has 7 heteroatoms. The van der Waals surface area contributed by atoms with Gasteiger partial charge in [-0.3, -0.25) is 0 Å². The second kappa shape index (κ2) is 5.75. The van der Waals surface area contributed by atoms with Gasteiger partial charge < -0.3 is 9.47 Å². The highest BCUT2D eigenvalue weighted by atomic mass is 32.2. The molecule has 2 aliphatic heterocycles. The van der Waals surface area contributed by atoms with Crippen molar-refractivity contribution in [3.05, 3.63) is 53.8 Å². The van der Waals surface area contributed by atoms with Crippen LogP contribution < -0.4 is 9.47 Å². The highest BCUT2D eigenvalue weighted by molar-refractivity contribution is 7.89. The summed E-state index contributed by atoms with van der Waals surface area (Å²) in [6.07, 6.45) is 0.602. The molecule has 0 bridgehead atoms. The fourth-order valence-electron chi connectivity index (χ4n) is 3.19. The third-order valence-electron chi connectivity index (χ3n) is 4.48. The molecule has 0 amide bonds. The van der Waals surface area contributed by atoms with Crippen molar-refractivity contribution in [1.29, 1.82) is 0 Å². The van der Waals surface area contributed by atoms with Crippen LogP contribution >= 0.6 is 0 Å². The lowest BCUT2D eigenvalue weighted by molar-refractivity contribution is 0.174. The molecule has 0 aliphatic carbocycles. The zero-order valence-electron chi connectivity index (χ0n) is 12.8.